The van der Waals surface area contributed by atoms with Gasteiger partial charge in [-0.05, 0) is 13.0 Å². The van der Waals surface area contributed by atoms with E-state index in [0.717, 1.165) is 25.3 Å². The normalized spacial score (nSPS) is 32.0. The summed E-state index contributed by atoms with van der Waals surface area (Å²) < 4.78 is 5.31. The van der Waals surface area contributed by atoms with Gasteiger partial charge in [0.1, 0.15) is 0 Å². The number of hydrogen-bond donors (Lipinski definition) is 0. The molecule has 1 aliphatic heterocycles. The zero-order valence-corrected chi connectivity index (χ0v) is 8.86. The van der Waals surface area contributed by atoms with Gasteiger partial charge in [-0.25, -0.2) is 0 Å². The van der Waals surface area contributed by atoms with Crippen molar-refractivity contribution >= 4 is 0 Å². The van der Waals surface area contributed by atoms with E-state index < -0.39 is 0 Å². The van der Waals surface area contributed by atoms with Crippen molar-refractivity contribution in [3.05, 3.63) is 36.1 Å². The minimum Gasteiger partial charge on any atom is -0.501 e. The van der Waals surface area contributed by atoms with Gasteiger partial charge in [0, 0.05) is 25.0 Å². The summed E-state index contributed by atoms with van der Waals surface area (Å²) in [6.07, 6.45) is 11.8. The van der Waals surface area contributed by atoms with Crippen LogP contribution >= 0.6 is 0 Å². The van der Waals surface area contributed by atoms with Gasteiger partial charge in [-0.15, -0.1) is 0 Å². The van der Waals surface area contributed by atoms with Crippen molar-refractivity contribution < 1.29 is 4.74 Å². The molecule has 0 amide bonds. The lowest BCUT2D eigenvalue weighted by Gasteiger charge is -2.38. The van der Waals surface area contributed by atoms with Crippen LogP contribution in [0.2, 0.25) is 0 Å². The minimum atomic E-state index is 0.129. The van der Waals surface area contributed by atoms with Gasteiger partial charge in [-0.2, -0.15) is 0 Å². The van der Waals surface area contributed by atoms with Gasteiger partial charge < -0.3 is 4.74 Å². The maximum atomic E-state index is 5.31. The second-order valence-corrected chi connectivity index (χ2v) is 4.11. The first-order valence-corrected chi connectivity index (χ1v) is 5.07. The third kappa shape index (κ3) is 1.62. The van der Waals surface area contributed by atoms with Crippen LogP contribution in [0.25, 0.3) is 0 Å². The van der Waals surface area contributed by atoms with E-state index in [1.807, 2.05) is 6.08 Å². The van der Waals surface area contributed by atoms with E-state index in [-0.39, 0.29) is 5.54 Å². The van der Waals surface area contributed by atoms with E-state index >= 15 is 0 Å². The summed E-state index contributed by atoms with van der Waals surface area (Å²) in [4.78, 5) is 2.45. The number of methoxy groups -OCH3 is 1. The molecule has 0 radical (unpaired) electrons. The van der Waals surface area contributed by atoms with Crippen molar-refractivity contribution in [1.82, 2.24) is 4.90 Å². The van der Waals surface area contributed by atoms with E-state index in [2.05, 4.69) is 36.1 Å². The van der Waals surface area contributed by atoms with Crippen LogP contribution in [0.5, 0.6) is 0 Å². The topological polar surface area (TPSA) is 12.5 Å². The fraction of sp³-hybridized carbons (Fsp3) is 0.500. The molecule has 0 bridgehead atoms. The quantitative estimate of drug-likeness (QED) is 0.620. The minimum absolute atomic E-state index is 0.129. The molecule has 2 nitrogen and oxygen atoms in total. The Balaban J connectivity index is 2.10. The summed E-state index contributed by atoms with van der Waals surface area (Å²) >= 11 is 0. The molecule has 0 aromatic rings. The van der Waals surface area contributed by atoms with Crippen LogP contribution in [0.3, 0.4) is 0 Å². The molecule has 2 aliphatic rings. The van der Waals surface area contributed by atoms with Crippen LogP contribution in [0.15, 0.2) is 36.1 Å². The lowest BCUT2D eigenvalue weighted by molar-refractivity contribution is 0.157. The average molecular weight is 191 g/mol. The zero-order chi connectivity index (χ0) is 10.0. The summed E-state index contributed by atoms with van der Waals surface area (Å²) in [5.41, 5.74) is 0.129. The van der Waals surface area contributed by atoms with Gasteiger partial charge in [0.05, 0.1) is 12.9 Å². The molecule has 0 saturated heterocycles. The van der Waals surface area contributed by atoms with Crippen molar-refractivity contribution in [2.75, 3.05) is 20.2 Å². The zero-order valence-electron chi connectivity index (χ0n) is 8.86. The van der Waals surface area contributed by atoms with E-state index in [0.29, 0.717) is 0 Å². The average Bonchev–Trinajstić information content (AvgIpc) is 2.71. The fourth-order valence-electron chi connectivity index (χ4n) is 2.09. The highest BCUT2D eigenvalue weighted by atomic mass is 16.5. The SMILES string of the molecule is COC1=CC=CC(C)(N2CC=CC2)C1. The van der Waals surface area contributed by atoms with Crippen molar-refractivity contribution in [3.8, 4) is 0 Å². The Bertz CT molecular complexity index is 295. The van der Waals surface area contributed by atoms with E-state index in [4.69, 9.17) is 4.74 Å². The monoisotopic (exact) mass is 191 g/mol. The van der Waals surface area contributed by atoms with E-state index in [9.17, 15) is 0 Å². The fourth-order valence-corrected chi connectivity index (χ4v) is 2.09. The molecule has 1 heterocycles. The van der Waals surface area contributed by atoms with Crippen LogP contribution in [0.1, 0.15) is 13.3 Å². The Morgan fingerprint density at radius 2 is 2.07 bits per heavy atom. The summed E-state index contributed by atoms with van der Waals surface area (Å²) in [6.45, 7) is 4.37. The van der Waals surface area contributed by atoms with Crippen molar-refractivity contribution in [1.29, 1.82) is 0 Å². The highest BCUT2D eigenvalue weighted by Gasteiger charge is 2.32. The van der Waals surface area contributed by atoms with Crippen LogP contribution in [-0.4, -0.2) is 30.6 Å². The van der Waals surface area contributed by atoms with E-state index in [1.54, 1.807) is 7.11 Å². The molecular formula is C12H17NO. The third-order valence-electron chi connectivity index (χ3n) is 3.07. The Hall–Kier alpha value is -1.02. The lowest BCUT2D eigenvalue weighted by Crippen LogP contribution is -2.44. The highest BCUT2D eigenvalue weighted by molar-refractivity contribution is 5.25. The molecule has 76 valence electrons. The second kappa shape index (κ2) is 3.62. The van der Waals surface area contributed by atoms with Crippen LogP contribution in [0.4, 0.5) is 0 Å². The van der Waals surface area contributed by atoms with Crippen molar-refractivity contribution in [2.45, 2.75) is 18.9 Å². The summed E-state index contributed by atoms with van der Waals surface area (Å²) in [7, 11) is 1.74. The second-order valence-electron chi connectivity index (χ2n) is 4.11. The largest absolute Gasteiger partial charge is 0.501 e. The molecular weight excluding hydrogens is 174 g/mol. The molecule has 0 aromatic heterocycles. The summed E-state index contributed by atoms with van der Waals surface area (Å²) in [5, 5.41) is 0. The summed E-state index contributed by atoms with van der Waals surface area (Å²) in [5.74, 6) is 1.07. The number of ether oxygens (including phenoxy) is 1. The standard InChI is InChI=1S/C12H17NO/c1-12(13-8-3-4-9-13)7-5-6-11(10-12)14-2/h3-7H,8-10H2,1-2H3. The molecule has 2 rings (SSSR count). The molecule has 1 aliphatic carbocycles. The first-order valence-electron chi connectivity index (χ1n) is 5.07. The van der Waals surface area contributed by atoms with Gasteiger partial charge in [-0.1, -0.05) is 24.3 Å². The highest BCUT2D eigenvalue weighted by Crippen LogP contribution is 2.30. The Labute approximate surface area is 85.5 Å². The smallest absolute Gasteiger partial charge is 0.0977 e. The van der Waals surface area contributed by atoms with Gasteiger partial charge in [-0.3, -0.25) is 4.90 Å². The molecule has 1 unspecified atom stereocenters. The maximum absolute atomic E-state index is 5.31. The number of hydrogen-bond acceptors (Lipinski definition) is 2. The predicted octanol–water partition coefficient (Wildman–Crippen LogP) is 2.11. The van der Waals surface area contributed by atoms with Crippen LogP contribution in [-0.2, 0) is 4.74 Å². The van der Waals surface area contributed by atoms with Gasteiger partial charge in [0.2, 0.25) is 0 Å². The first kappa shape index (κ1) is 9.53. The third-order valence-corrected chi connectivity index (χ3v) is 3.07. The molecule has 0 saturated carbocycles. The Kier molecular flexibility index (Phi) is 2.46. The predicted molar refractivity (Wildman–Crippen MR) is 58.0 cm³/mol. The number of rotatable bonds is 2. The van der Waals surface area contributed by atoms with Gasteiger partial charge in [0.15, 0.2) is 0 Å². The molecule has 0 aromatic carbocycles. The maximum Gasteiger partial charge on any atom is 0.0977 e. The molecule has 1 atom stereocenters. The Morgan fingerprint density at radius 3 is 2.71 bits per heavy atom. The summed E-state index contributed by atoms with van der Waals surface area (Å²) in [6, 6.07) is 0. The first-order chi connectivity index (χ1) is 6.74. The molecule has 0 fully saturated rings. The molecule has 2 heteroatoms. The number of nitrogens with zero attached hydrogens (tertiary/aromatic N) is 1. The van der Waals surface area contributed by atoms with Crippen LogP contribution < -0.4 is 0 Å². The Morgan fingerprint density at radius 1 is 1.36 bits per heavy atom. The van der Waals surface area contributed by atoms with Gasteiger partial charge in [0.25, 0.3) is 0 Å². The molecule has 0 N–H and O–H groups in total. The molecule has 14 heavy (non-hydrogen) atoms. The lowest BCUT2D eigenvalue weighted by atomic mass is 9.90. The van der Waals surface area contributed by atoms with E-state index in [1.165, 1.54) is 0 Å². The van der Waals surface area contributed by atoms with Crippen molar-refractivity contribution in [3.63, 3.8) is 0 Å². The number of allylic oxidation sites excluding steroid dienone is 2. The van der Waals surface area contributed by atoms with Crippen LogP contribution in [0, 0.1) is 0 Å². The van der Waals surface area contributed by atoms with Crippen molar-refractivity contribution in [2.24, 2.45) is 0 Å². The molecule has 0 spiro atoms. The van der Waals surface area contributed by atoms with Gasteiger partial charge >= 0.3 is 0 Å².